The molecule has 1 aromatic carbocycles. The van der Waals surface area contributed by atoms with Gasteiger partial charge in [0.25, 0.3) is 0 Å². The molecule has 2 atom stereocenters. The number of hydrogen-bond donors (Lipinski definition) is 0. The minimum Gasteiger partial charge on any atom is -0.598 e. The largest absolute Gasteiger partial charge is 0.614 e. The fourth-order valence-corrected chi connectivity index (χ4v) is 3.47. The maximum Gasteiger partial charge on any atom is 0.614 e. The number of carbonyl (C=O) groups excluding carboxylic acids is 2. The summed E-state index contributed by atoms with van der Waals surface area (Å²) in [6.07, 6.45) is -0.176. The molecule has 0 N–H and O–H groups in total. The molecule has 0 aliphatic carbocycles. The van der Waals surface area contributed by atoms with Gasteiger partial charge >= 0.3 is 18.6 Å². The molecule has 3 fully saturated rings. The third-order valence-corrected chi connectivity index (χ3v) is 4.52. The number of epoxide rings is 1. The lowest BCUT2D eigenvalue weighted by Gasteiger charge is -2.38. The molecule has 0 aromatic heterocycles. The molecule has 0 saturated carbocycles. The quantitative estimate of drug-likeness (QED) is 0.568. The van der Waals surface area contributed by atoms with E-state index in [1.165, 1.54) is 0 Å². The average molecular weight is 275 g/mol. The van der Waals surface area contributed by atoms with Crippen LogP contribution in [0.5, 0.6) is 0 Å². The van der Waals surface area contributed by atoms with Gasteiger partial charge in [-0.1, -0.05) is 30.3 Å². The third kappa shape index (κ3) is 1.42. The summed E-state index contributed by atoms with van der Waals surface area (Å²) in [4.78, 5) is 23.4. The molecule has 20 heavy (non-hydrogen) atoms. The summed E-state index contributed by atoms with van der Waals surface area (Å²) in [5.74, 6) is -0.662. The summed E-state index contributed by atoms with van der Waals surface area (Å²) in [6, 6.07) is 9.31. The van der Waals surface area contributed by atoms with Gasteiger partial charge in [0.15, 0.2) is 0 Å². The number of carbonyl (C=O) groups is 2. The molecular weight excluding hydrogens is 261 g/mol. The fourth-order valence-electron chi connectivity index (χ4n) is 3.47. The lowest BCUT2D eigenvalue weighted by Crippen LogP contribution is -2.64. The summed E-state index contributed by atoms with van der Waals surface area (Å²) in [5.41, 5.74) is 1.01. The standard InChI is InChI=1S/C13H14BNO5/c1-15-7-10(16)19-14(15,20-11(17)8-15)13-12(18-13)9-5-3-2-4-6-9/h2-6,12-13H,7-8H2,1H3/t12-,13?,14?,15?/m0/s1. The SMILES string of the molecule is C[N+]12CC(=O)O[B-]1(C1O[C@H]1c1ccccc1)OC(=O)C2. The number of ether oxygens (including phenoxy) is 1. The van der Waals surface area contributed by atoms with Crippen molar-refractivity contribution in [3.05, 3.63) is 35.9 Å². The zero-order chi connectivity index (χ0) is 14.0. The summed E-state index contributed by atoms with van der Waals surface area (Å²) in [5, 5.41) is 0. The van der Waals surface area contributed by atoms with E-state index in [-0.39, 0.29) is 41.5 Å². The maximum absolute atomic E-state index is 11.7. The molecule has 0 spiro atoms. The summed E-state index contributed by atoms with van der Waals surface area (Å²) >= 11 is 0. The van der Waals surface area contributed by atoms with E-state index in [2.05, 4.69) is 0 Å². The Hall–Kier alpha value is -1.86. The van der Waals surface area contributed by atoms with Crippen molar-refractivity contribution in [2.45, 2.75) is 12.1 Å². The molecule has 0 amide bonds. The van der Waals surface area contributed by atoms with E-state index in [9.17, 15) is 9.59 Å². The van der Waals surface area contributed by atoms with Crippen LogP contribution in [0.3, 0.4) is 0 Å². The number of likely N-dealkylation sites (N-methyl/N-ethyl adjacent to an activating group) is 1. The van der Waals surface area contributed by atoms with Crippen LogP contribution < -0.4 is 0 Å². The van der Waals surface area contributed by atoms with E-state index < -0.39 is 6.69 Å². The predicted octanol–water partition coefficient (Wildman–Crippen LogP) is 0.165. The van der Waals surface area contributed by atoms with Crippen molar-refractivity contribution in [1.82, 2.24) is 0 Å². The molecule has 1 aromatic rings. The van der Waals surface area contributed by atoms with Crippen molar-refractivity contribution in [1.29, 1.82) is 0 Å². The van der Waals surface area contributed by atoms with Crippen molar-refractivity contribution in [2.24, 2.45) is 0 Å². The number of benzene rings is 1. The van der Waals surface area contributed by atoms with Crippen LogP contribution in [0.1, 0.15) is 11.7 Å². The van der Waals surface area contributed by atoms with Crippen LogP contribution in [-0.2, 0) is 23.6 Å². The Morgan fingerprint density at radius 3 is 2.30 bits per heavy atom. The number of nitrogens with zero attached hydrogens (tertiary/aromatic N) is 1. The maximum atomic E-state index is 11.7. The van der Waals surface area contributed by atoms with E-state index in [4.69, 9.17) is 14.0 Å². The van der Waals surface area contributed by atoms with Crippen LogP contribution in [0.15, 0.2) is 30.3 Å². The smallest absolute Gasteiger partial charge is 0.598 e. The zero-order valence-corrected chi connectivity index (χ0v) is 11.0. The van der Waals surface area contributed by atoms with Gasteiger partial charge in [-0.3, -0.25) is 9.59 Å². The van der Waals surface area contributed by atoms with Crippen molar-refractivity contribution in [3.63, 3.8) is 0 Å². The first-order chi connectivity index (χ1) is 9.54. The molecule has 6 nitrogen and oxygen atoms in total. The summed E-state index contributed by atoms with van der Waals surface area (Å²) < 4.78 is 16.8. The Kier molecular flexibility index (Phi) is 2.16. The molecule has 1 unspecified atom stereocenters. The first-order valence-corrected chi connectivity index (χ1v) is 6.67. The number of rotatable bonds is 2. The van der Waals surface area contributed by atoms with Crippen LogP contribution >= 0.6 is 0 Å². The van der Waals surface area contributed by atoms with Crippen LogP contribution in [0.2, 0.25) is 0 Å². The van der Waals surface area contributed by atoms with Gasteiger partial charge in [0.1, 0.15) is 19.1 Å². The van der Waals surface area contributed by atoms with Gasteiger partial charge in [0.2, 0.25) is 0 Å². The van der Waals surface area contributed by atoms with E-state index in [1.807, 2.05) is 37.4 Å². The number of fused-ring (bicyclic) bond motifs is 1. The topological polar surface area (TPSA) is 65.1 Å². The van der Waals surface area contributed by atoms with Gasteiger partial charge in [0.05, 0.1) is 6.10 Å². The monoisotopic (exact) mass is 275 g/mol. The van der Waals surface area contributed by atoms with Crippen molar-refractivity contribution in [3.8, 4) is 0 Å². The Morgan fingerprint density at radius 2 is 1.70 bits per heavy atom. The van der Waals surface area contributed by atoms with Gasteiger partial charge < -0.3 is 18.4 Å². The minimum absolute atomic E-state index is 0.160. The van der Waals surface area contributed by atoms with Crippen LogP contribution in [0.4, 0.5) is 0 Å². The van der Waals surface area contributed by atoms with Gasteiger partial charge in [-0.15, -0.1) is 0 Å². The van der Waals surface area contributed by atoms with Crippen LogP contribution in [0, 0.1) is 0 Å². The van der Waals surface area contributed by atoms with Crippen LogP contribution in [-0.4, -0.2) is 49.2 Å². The van der Waals surface area contributed by atoms with Crippen LogP contribution in [0.25, 0.3) is 0 Å². The second kappa shape index (κ2) is 3.62. The van der Waals surface area contributed by atoms with E-state index in [1.54, 1.807) is 0 Å². The third-order valence-electron chi connectivity index (χ3n) is 4.52. The molecule has 3 aliphatic heterocycles. The highest BCUT2D eigenvalue weighted by Crippen LogP contribution is 2.51. The molecular formula is C13H14BNO5. The van der Waals surface area contributed by atoms with Crippen molar-refractivity contribution >= 4 is 18.6 Å². The van der Waals surface area contributed by atoms with Crippen molar-refractivity contribution in [2.75, 3.05) is 20.1 Å². The van der Waals surface area contributed by atoms with Gasteiger partial charge in [-0.2, -0.15) is 0 Å². The number of quaternary nitrogens is 1. The van der Waals surface area contributed by atoms with Crippen molar-refractivity contribution < 1.29 is 28.0 Å². The van der Waals surface area contributed by atoms with E-state index >= 15 is 0 Å². The first-order valence-electron chi connectivity index (χ1n) is 6.67. The summed E-state index contributed by atoms with van der Waals surface area (Å²) in [7, 11) is 1.82. The Balaban J connectivity index is 1.68. The van der Waals surface area contributed by atoms with Gasteiger partial charge in [-0.05, 0) is 5.56 Å². The van der Waals surface area contributed by atoms with Gasteiger partial charge in [0, 0.05) is 7.05 Å². The predicted molar refractivity (Wildman–Crippen MR) is 67.9 cm³/mol. The highest BCUT2D eigenvalue weighted by molar-refractivity contribution is 6.68. The Labute approximate surface area is 115 Å². The normalized spacial score (nSPS) is 42.0. The lowest BCUT2D eigenvalue weighted by atomic mass is 9.62. The van der Waals surface area contributed by atoms with E-state index in [0.717, 1.165) is 5.56 Å². The molecule has 3 aliphatic rings. The molecule has 3 saturated heterocycles. The highest BCUT2D eigenvalue weighted by Gasteiger charge is 2.76. The fraction of sp³-hybridized carbons (Fsp3) is 0.385. The second-order valence-electron chi connectivity index (χ2n) is 5.94. The molecule has 4 rings (SSSR count). The number of hydrogen-bond acceptors (Lipinski definition) is 5. The molecule has 7 heteroatoms. The lowest BCUT2D eigenvalue weighted by molar-refractivity contribution is -0.794. The molecule has 0 radical (unpaired) electrons. The minimum atomic E-state index is -2.09. The van der Waals surface area contributed by atoms with Gasteiger partial charge in [-0.25, -0.2) is 0 Å². The van der Waals surface area contributed by atoms with E-state index in [0.29, 0.717) is 0 Å². The zero-order valence-electron chi connectivity index (χ0n) is 11.0. The Bertz CT molecular complexity index is 584. The molecule has 3 heterocycles. The highest BCUT2D eigenvalue weighted by atomic mass is 16.7. The molecule has 0 bridgehead atoms. The average Bonchev–Trinajstić information content (AvgIpc) is 3.08. The summed E-state index contributed by atoms with van der Waals surface area (Å²) in [6.45, 7) is -1.77. The Morgan fingerprint density at radius 1 is 1.10 bits per heavy atom. The second-order valence-corrected chi connectivity index (χ2v) is 5.94. The first kappa shape index (κ1) is 11.9. The molecule has 104 valence electrons.